The number of carbonyl (C=O) groups is 1. The standard InChI is InChI=1S/C34H31F3N4O5/c1-19-12-24(9-10-26(19)41(43)44)46-18-21-13-20(8-11-29(21)45-4)30-25(17-38)32(39)40(23-7-5-6-22(14-23)34(35,36)37)27-15-33(2,3)16-28(42)31(27)30/h5-14,30H,15-16,18,39H2,1-4H3/t30-/m0/s1. The maximum atomic E-state index is 13.9. The zero-order valence-corrected chi connectivity index (χ0v) is 25.6. The van der Waals surface area contributed by atoms with Crippen molar-refractivity contribution in [3.05, 3.63) is 116 Å². The van der Waals surface area contributed by atoms with Crippen molar-refractivity contribution < 1.29 is 32.4 Å². The summed E-state index contributed by atoms with van der Waals surface area (Å²) in [5.74, 6) is -0.336. The third kappa shape index (κ3) is 6.00. The number of Topliss-reactive ketones (excluding diaryl/α,β-unsaturated/α-hetero) is 1. The highest BCUT2D eigenvalue weighted by Gasteiger charge is 2.45. The number of nitriles is 1. The highest BCUT2D eigenvalue weighted by molar-refractivity contribution is 6.01. The molecule has 9 nitrogen and oxygen atoms in total. The first-order chi connectivity index (χ1) is 21.6. The minimum Gasteiger partial charge on any atom is -0.496 e. The van der Waals surface area contributed by atoms with Crippen LogP contribution in [0.25, 0.3) is 0 Å². The van der Waals surface area contributed by atoms with Crippen molar-refractivity contribution >= 4 is 17.2 Å². The van der Waals surface area contributed by atoms with Crippen LogP contribution in [0, 0.1) is 33.8 Å². The van der Waals surface area contributed by atoms with E-state index in [1.807, 2.05) is 13.8 Å². The summed E-state index contributed by atoms with van der Waals surface area (Å²) in [6.45, 7) is 5.39. The zero-order valence-electron chi connectivity index (χ0n) is 25.6. The molecule has 238 valence electrons. The van der Waals surface area contributed by atoms with Gasteiger partial charge in [-0.3, -0.25) is 19.8 Å². The largest absolute Gasteiger partial charge is 0.496 e. The highest BCUT2D eigenvalue weighted by atomic mass is 19.4. The van der Waals surface area contributed by atoms with Gasteiger partial charge >= 0.3 is 6.18 Å². The molecule has 46 heavy (non-hydrogen) atoms. The van der Waals surface area contributed by atoms with Gasteiger partial charge in [-0.25, -0.2) is 0 Å². The van der Waals surface area contributed by atoms with Crippen molar-refractivity contribution in [2.24, 2.45) is 11.1 Å². The summed E-state index contributed by atoms with van der Waals surface area (Å²) in [7, 11) is 1.48. The Balaban J connectivity index is 1.62. The van der Waals surface area contributed by atoms with Crippen LogP contribution in [0.1, 0.15) is 54.9 Å². The maximum Gasteiger partial charge on any atom is 0.416 e. The third-order valence-electron chi connectivity index (χ3n) is 8.21. The number of hydrogen-bond acceptors (Lipinski definition) is 8. The fourth-order valence-electron chi connectivity index (χ4n) is 6.13. The van der Waals surface area contributed by atoms with Gasteiger partial charge in [0.15, 0.2) is 5.78 Å². The second-order valence-electron chi connectivity index (χ2n) is 12.1. The number of nitro groups is 1. The molecule has 2 N–H and O–H groups in total. The summed E-state index contributed by atoms with van der Waals surface area (Å²) in [6.07, 6.45) is -4.12. The van der Waals surface area contributed by atoms with Gasteiger partial charge in [-0.1, -0.05) is 26.0 Å². The molecule has 0 aromatic heterocycles. The van der Waals surface area contributed by atoms with E-state index in [4.69, 9.17) is 15.2 Å². The number of ether oxygens (including phenoxy) is 2. The maximum absolute atomic E-state index is 13.9. The van der Waals surface area contributed by atoms with Gasteiger partial charge in [-0.15, -0.1) is 0 Å². The van der Waals surface area contributed by atoms with Crippen LogP contribution in [0.5, 0.6) is 11.5 Å². The summed E-state index contributed by atoms with van der Waals surface area (Å²) in [5.41, 5.74) is 7.57. The minimum atomic E-state index is -4.61. The number of halogens is 3. The van der Waals surface area contributed by atoms with Gasteiger partial charge < -0.3 is 15.2 Å². The van der Waals surface area contributed by atoms with Crippen LogP contribution < -0.4 is 20.1 Å². The van der Waals surface area contributed by atoms with Crippen LogP contribution in [0.2, 0.25) is 0 Å². The topological polar surface area (TPSA) is 132 Å². The number of nitro benzene ring substituents is 1. The molecule has 3 aromatic rings. The van der Waals surface area contributed by atoms with Gasteiger partial charge in [0.1, 0.15) is 23.9 Å². The van der Waals surface area contributed by atoms with Gasteiger partial charge in [0.05, 0.1) is 35.2 Å². The summed E-state index contributed by atoms with van der Waals surface area (Å²) in [6, 6.07) is 16.3. The van der Waals surface area contributed by atoms with Crippen molar-refractivity contribution in [1.82, 2.24) is 0 Å². The molecular formula is C34H31F3N4O5. The number of carbonyl (C=O) groups excluding carboxylic acids is 1. The number of allylic oxidation sites excluding steroid dienone is 3. The molecule has 1 heterocycles. The second kappa shape index (κ2) is 11.9. The Bertz CT molecular complexity index is 1860. The quantitative estimate of drug-likeness (QED) is 0.210. The van der Waals surface area contributed by atoms with Gasteiger partial charge in [0.2, 0.25) is 0 Å². The third-order valence-corrected chi connectivity index (χ3v) is 8.21. The number of benzene rings is 3. The van der Waals surface area contributed by atoms with Crippen molar-refractivity contribution in [3.8, 4) is 17.6 Å². The minimum absolute atomic E-state index is 0.00862. The molecule has 5 rings (SSSR count). The Kier molecular flexibility index (Phi) is 8.30. The lowest BCUT2D eigenvalue weighted by atomic mass is 9.68. The predicted octanol–water partition coefficient (Wildman–Crippen LogP) is 7.45. The van der Waals surface area contributed by atoms with Crippen LogP contribution in [0.15, 0.2) is 83.3 Å². The molecule has 0 bridgehead atoms. The summed E-state index contributed by atoms with van der Waals surface area (Å²) in [4.78, 5) is 26.0. The van der Waals surface area contributed by atoms with Crippen LogP contribution >= 0.6 is 0 Å². The number of ketones is 1. The molecule has 0 unspecified atom stereocenters. The molecule has 12 heteroatoms. The first-order valence-electron chi connectivity index (χ1n) is 14.3. The SMILES string of the molecule is COc1ccc([C@H]2C(C#N)=C(N)N(c3cccc(C(F)(F)F)c3)C3=C2C(=O)CC(C)(C)C3)cc1COc1ccc([N+](=O)[O-])c(C)c1. The molecule has 1 aliphatic heterocycles. The fourth-order valence-corrected chi connectivity index (χ4v) is 6.13. The first kappa shape index (κ1) is 32.1. The van der Waals surface area contributed by atoms with Gasteiger partial charge in [-0.05, 0) is 66.8 Å². The van der Waals surface area contributed by atoms with Gasteiger partial charge in [0.25, 0.3) is 5.69 Å². The molecule has 2 aliphatic rings. The molecule has 0 saturated heterocycles. The van der Waals surface area contributed by atoms with Crippen molar-refractivity contribution in [3.63, 3.8) is 0 Å². The molecule has 3 aromatic carbocycles. The second-order valence-corrected chi connectivity index (χ2v) is 12.1. The number of nitrogens with two attached hydrogens (primary N) is 1. The smallest absolute Gasteiger partial charge is 0.416 e. The van der Waals surface area contributed by atoms with Crippen LogP contribution in [-0.4, -0.2) is 17.8 Å². The van der Waals surface area contributed by atoms with E-state index in [-0.39, 0.29) is 41.6 Å². The molecule has 1 atom stereocenters. The first-order valence-corrected chi connectivity index (χ1v) is 14.3. The zero-order chi connectivity index (χ0) is 33.6. The Labute approximate surface area is 263 Å². The van der Waals surface area contributed by atoms with Crippen LogP contribution in [0.3, 0.4) is 0 Å². The van der Waals surface area contributed by atoms with Crippen LogP contribution in [-0.2, 0) is 17.6 Å². The Hall–Kier alpha value is -5.31. The molecule has 0 radical (unpaired) electrons. The van der Waals surface area contributed by atoms with E-state index in [1.165, 1.54) is 36.3 Å². The van der Waals surface area contributed by atoms with Crippen molar-refractivity contribution in [2.75, 3.05) is 12.0 Å². The van der Waals surface area contributed by atoms with E-state index in [1.54, 1.807) is 31.2 Å². The normalized spacial score (nSPS) is 17.8. The van der Waals surface area contributed by atoms with Gasteiger partial charge in [-0.2, -0.15) is 18.4 Å². The van der Waals surface area contributed by atoms with E-state index < -0.39 is 28.0 Å². The predicted molar refractivity (Wildman–Crippen MR) is 164 cm³/mol. The fraction of sp³-hybridized carbons (Fsp3) is 0.294. The number of anilines is 1. The van der Waals surface area contributed by atoms with E-state index >= 15 is 0 Å². The van der Waals surface area contributed by atoms with Crippen LogP contribution in [0.4, 0.5) is 24.5 Å². The van der Waals surface area contributed by atoms with E-state index in [9.17, 15) is 33.3 Å². The van der Waals surface area contributed by atoms with Gasteiger partial charge in [0, 0.05) is 40.6 Å². The monoisotopic (exact) mass is 632 g/mol. The summed E-state index contributed by atoms with van der Waals surface area (Å²) < 4.78 is 52.6. The summed E-state index contributed by atoms with van der Waals surface area (Å²) >= 11 is 0. The highest BCUT2D eigenvalue weighted by Crippen LogP contribution is 2.51. The molecule has 0 fully saturated rings. The molecule has 0 amide bonds. The van der Waals surface area contributed by atoms with E-state index in [0.29, 0.717) is 45.9 Å². The number of rotatable bonds is 7. The number of hydrogen-bond donors (Lipinski definition) is 1. The lowest BCUT2D eigenvalue weighted by Gasteiger charge is -2.44. The average molecular weight is 633 g/mol. The Morgan fingerprint density at radius 1 is 1.13 bits per heavy atom. The molecule has 1 aliphatic carbocycles. The Morgan fingerprint density at radius 3 is 2.50 bits per heavy atom. The average Bonchev–Trinajstić information content (AvgIpc) is 2.98. The number of aryl methyl sites for hydroxylation is 1. The lowest BCUT2D eigenvalue weighted by Crippen LogP contribution is -2.42. The molecule has 0 saturated carbocycles. The molecular weight excluding hydrogens is 601 g/mol. The Morgan fingerprint density at radius 2 is 1.87 bits per heavy atom. The van der Waals surface area contributed by atoms with Crippen molar-refractivity contribution in [1.29, 1.82) is 5.26 Å². The number of nitrogens with zero attached hydrogens (tertiary/aromatic N) is 3. The lowest BCUT2D eigenvalue weighted by molar-refractivity contribution is -0.385. The van der Waals surface area contributed by atoms with Crippen molar-refractivity contribution in [2.45, 2.75) is 52.3 Å². The number of methoxy groups -OCH3 is 1. The summed E-state index contributed by atoms with van der Waals surface area (Å²) in [5, 5.41) is 21.6. The van der Waals surface area contributed by atoms with E-state index in [0.717, 1.165) is 12.1 Å². The number of alkyl halides is 3. The van der Waals surface area contributed by atoms with E-state index in [2.05, 4.69) is 6.07 Å². The molecule has 0 spiro atoms.